The summed E-state index contributed by atoms with van der Waals surface area (Å²) in [7, 11) is 0. The monoisotopic (exact) mass is 1010 g/mol. The van der Waals surface area contributed by atoms with E-state index < -0.39 is 103 Å². The second-order valence-electron chi connectivity index (χ2n) is 18.7. The molecule has 4 aliphatic rings. The zero-order chi connectivity index (χ0) is 52.2. The van der Waals surface area contributed by atoms with Crippen LogP contribution < -0.4 is 10.6 Å². The van der Waals surface area contributed by atoms with Crippen molar-refractivity contribution in [3.05, 3.63) is 107 Å². The van der Waals surface area contributed by atoms with Crippen LogP contribution in [-0.4, -0.2) is 121 Å². The molecular weight excluding hydrogens is 961 g/mol. The van der Waals surface area contributed by atoms with E-state index in [0.29, 0.717) is 45.4 Å². The third-order valence-electron chi connectivity index (χ3n) is 13.6. The molecule has 2 saturated heterocycles. The van der Waals surface area contributed by atoms with E-state index in [1.807, 2.05) is 38.1 Å². The first kappa shape index (κ1) is 50.0. The highest BCUT2D eigenvalue weighted by Crippen LogP contribution is 2.43. The largest absolute Gasteiger partial charge is 0.458 e. The number of nitrogens with one attached hydrogen (secondary N) is 2. The zero-order valence-corrected chi connectivity index (χ0v) is 39.7. The summed E-state index contributed by atoms with van der Waals surface area (Å²) in [5.41, 5.74) is 2.89. The van der Waals surface area contributed by atoms with Crippen LogP contribution >= 0.6 is 0 Å². The van der Waals surface area contributed by atoms with Crippen molar-refractivity contribution in [3.63, 3.8) is 0 Å². The van der Waals surface area contributed by atoms with Gasteiger partial charge in [-0.1, -0.05) is 0 Å². The molecule has 2 aliphatic carbocycles. The number of amides is 6. The molecule has 19 nitrogen and oxygen atoms in total. The quantitative estimate of drug-likeness (QED) is 0.0553. The number of imidazole rings is 2. The van der Waals surface area contributed by atoms with E-state index in [1.54, 1.807) is 57.7 Å². The van der Waals surface area contributed by atoms with Gasteiger partial charge in [0.1, 0.15) is 41.1 Å². The minimum atomic E-state index is -2.87. The number of aromatic nitrogens is 6. The van der Waals surface area contributed by atoms with E-state index in [9.17, 15) is 56.2 Å². The van der Waals surface area contributed by atoms with Crippen LogP contribution in [0.15, 0.2) is 72.8 Å². The summed E-state index contributed by atoms with van der Waals surface area (Å²) >= 11 is 0. The molecule has 10 rings (SSSR count). The van der Waals surface area contributed by atoms with Crippen molar-refractivity contribution < 1.29 is 61.0 Å². The molecule has 3 N–H and O–H groups in total. The lowest BCUT2D eigenvalue weighted by molar-refractivity contribution is -0.142. The first-order chi connectivity index (χ1) is 34.6. The van der Waals surface area contributed by atoms with E-state index in [4.69, 9.17) is 4.74 Å². The van der Waals surface area contributed by atoms with Crippen LogP contribution in [0.3, 0.4) is 0 Å². The van der Waals surface area contributed by atoms with Crippen LogP contribution in [0, 0.1) is 13.8 Å². The van der Waals surface area contributed by atoms with Gasteiger partial charge in [-0.3, -0.25) is 42.9 Å². The Morgan fingerprint density at radius 1 is 0.575 bits per heavy atom. The number of fused-ring (bicyclic) bond motifs is 2. The number of aliphatic hydroxyl groups is 1. The fraction of sp³-hybridized carbons (Fsp3) is 0.380. The van der Waals surface area contributed by atoms with Crippen LogP contribution in [0.1, 0.15) is 102 Å². The fourth-order valence-electron chi connectivity index (χ4n) is 9.57. The third-order valence-corrected chi connectivity index (χ3v) is 13.6. The van der Waals surface area contributed by atoms with E-state index >= 15 is 0 Å². The molecule has 6 heterocycles. The summed E-state index contributed by atoms with van der Waals surface area (Å²) in [4.78, 5) is 108. The zero-order valence-electron chi connectivity index (χ0n) is 39.7. The van der Waals surface area contributed by atoms with Gasteiger partial charge in [0.15, 0.2) is 28.7 Å². The summed E-state index contributed by atoms with van der Waals surface area (Å²) < 4.78 is 62.9. The lowest BCUT2D eigenvalue weighted by Gasteiger charge is -2.34. The molecule has 2 aromatic carbocycles. The molecule has 4 aromatic heterocycles. The van der Waals surface area contributed by atoms with Gasteiger partial charge in [-0.15, -0.1) is 0 Å². The van der Waals surface area contributed by atoms with Crippen molar-refractivity contribution >= 4 is 63.7 Å². The number of carbonyl (C=O) groups excluding carboxylic acids is 7. The topological polar surface area (TPSA) is 241 Å². The van der Waals surface area contributed by atoms with Crippen LogP contribution in [0.2, 0.25) is 0 Å². The number of pyridine rings is 2. The third kappa shape index (κ3) is 9.75. The van der Waals surface area contributed by atoms with Crippen molar-refractivity contribution in [2.45, 2.75) is 108 Å². The number of halogens is 4. The number of urea groups is 2. The molecule has 6 amide bonds. The summed E-state index contributed by atoms with van der Waals surface area (Å²) in [6.45, 7) is 3.60. The van der Waals surface area contributed by atoms with Gasteiger partial charge in [0.2, 0.25) is 11.8 Å². The van der Waals surface area contributed by atoms with Gasteiger partial charge in [0.05, 0.1) is 13.1 Å². The van der Waals surface area contributed by atoms with Gasteiger partial charge >= 0.3 is 18.0 Å². The molecule has 0 bridgehead atoms. The Bertz CT molecular complexity index is 3230. The molecule has 0 radical (unpaired) electrons. The maximum absolute atomic E-state index is 13.6. The number of ether oxygens (including phenoxy) is 1. The average molecular weight is 1010 g/mol. The van der Waals surface area contributed by atoms with Crippen LogP contribution in [0.5, 0.6) is 0 Å². The summed E-state index contributed by atoms with van der Waals surface area (Å²) in [5.74, 6) is -7.59. The van der Waals surface area contributed by atoms with Gasteiger partial charge in [0, 0.05) is 66.5 Å². The SMILES string of the molecule is CC(=O)OCc1nc2ccc(C)nc2n1-c1ccc(C(=O)CN2C(=O)NC3(CCC(F)(F)CC3)C2=O)cc1.Cc1ccc2nc(CO)n(-c3ccc(C(=O)CN4C(=O)NC5(CCC(F)(F)CC5)C4=O)cc3)c2n1. The molecule has 73 heavy (non-hydrogen) atoms. The predicted molar refractivity (Wildman–Crippen MR) is 250 cm³/mol. The molecule has 380 valence electrons. The normalized spacial score (nSPS) is 18.5. The van der Waals surface area contributed by atoms with Gasteiger partial charge in [-0.05, 0) is 112 Å². The first-order valence-electron chi connectivity index (χ1n) is 23.4. The number of esters is 1. The average Bonchev–Trinajstić information content (AvgIpc) is 4.05. The number of ketones is 2. The number of Topliss-reactive ketones (excluding diaryl/α,β-unsaturated/α-hetero) is 2. The molecule has 2 spiro atoms. The number of rotatable bonds is 11. The van der Waals surface area contributed by atoms with Gasteiger partial charge < -0.3 is 20.5 Å². The Labute approximate surface area is 412 Å². The van der Waals surface area contributed by atoms with Crippen molar-refractivity contribution in [2.24, 2.45) is 0 Å². The fourth-order valence-corrected chi connectivity index (χ4v) is 9.57. The van der Waals surface area contributed by atoms with Crippen molar-refractivity contribution in [3.8, 4) is 11.4 Å². The van der Waals surface area contributed by atoms with Gasteiger partial charge in [-0.25, -0.2) is 47.1 Å². The smallest absolute Gasteiger partial charge is 0.325 e. The van der Waals surface area contributed by atoms with E-state index in [1.165, 1.54) is 6.92 Å². The first-order valence-corrected chi connectivity index (χ1v) is 23.4. The second kappa shape index (κ2) is 18.9. The number of hydrogen-bond acceptors (Lipinski definition) is 13. The molecular formula is C50H48F4N10O9. The van der Waals surface area contributed by atoms with Gasteiger partial charge in [-0.2, -0.15) is 0 Å². The van der Waals surface area contributed by atoms with Crippen molar-refractivity contribution in [2.75, 3.05) is 13.1 Å². The summed E-state index contributed by atoms with van der Waals surface area (Å²) in [6, 6.07) is 18.6. The van der Waals surface area contributed by atoms with Crippen LogP contribution in [0.25, 0.3) is 33.7 Å². The van der Waals surface area contributed by atoms with E-state index in [-0.39, 0.29) is 50.0 Å². The maximum Gasteiger partial charge on any atom is 0.325 e. The Kier molecular flexibility index (Phi) is 13.0. The molecule has 4 fully saturated rings. The van der Waals surface area contributed by atoms with Crippen LogP contribution in [-0.2, 0) is 32.3 Å². The Hall–Kier alpha value is -7.95. The number of nitrogens with zero attached hydrogens (tertiary/aromatic N) is 8. The Morgan fingerprint density at radius 2 is 0.959 bits per heavy atom. The highest BCUT2D eigenvalue weighted by atomic mass is 19.3. The van der Waals surface area contributed by atoms with Crippen molar-refractivity contribution in [1.82, 2.24) is 49.5 Å². The number of alkyl halides is 4. The lowest BCUT2D eigenvalue weighted by atomic mass is 9.80. The Morgan fingerprint density at radius 3 is 1.34 bits per heavy atom. The van der Waals surface area contributed by atoms with Crippen LogP contribution in [0.4, 0.5) is 27.2 Å². The van der Waals surface area contributed by atoms with E-state index in [0.717, 1.165) is 21.2 Å². The molecule has 2 saturated carbocycles. The molecule has 2 aliphatic heterocycles. The van der Waals surface area contributed by atoms with Gasteiger partial charge in [0.25, 0.3) is 11.8 Å². The van der Waals surface area contributed by atoms with Crippen molar-refractivity contribution in [1.29, 1.82) is 0 Å². The highest BCUT2D eigenvalue weighted by Gasteiger charge is 2.57. The highest BCUT2D eigenvalue weighted by molar-refractivity contribution is 6.12. The number of benzene rings is 2. The molecule has 0 unspecified atom stereocenters. The summed E-state index contributed by atoms with van der Waals surface area (Å²) in [5, 5.41) is 14.8. The summed E-state index contributed by atoms with van der Waals surface area (Å²) in [6.07, 6.45) is -2.66. The Balaban J connectivity index is 0.000000180. The standard InChI is InChI=1S/C26H25F2N5O5.C24H23F2N5O4/c1-15-3-8-19-22(29-15)33(21(30-19)14-38-16(2)34)18-6-4-17(5-7-18)20(35)13-32-23(36)25(31-24(32)37)9-11-26(27,28)12-10-25;1-14-2-7-17-20(27-14)31(19(13-32)28-17)16-5-3-15(4-6-16)18(33)12-30-21(34)23(29-22(30)35)8-10-24(25,26)11-9-23/h3-8H,9-14H2,1-2H3,(H,31,37);2-7,32H,8-13H2,1H3,(H,29,35). The maximum atomic E-state index is 13.6. The number of carbonyl (C=O) groups is 7. The number of aliphatic hydroxyl groups excluding tert-OH is 1. The lowest BCUT2D eigenvalue weighted by Crippen LogP contribution is -2.51. The molecule has 6 aromatic rings. The minimum Gasteiger partial charge on any atom is -0.458 e. The molecule has 23 heteroatoms. The predicted octanol–water partition coefficient (Wildman–Crippen LogP) is 6.38. The minimum absolute atomic E-state index is 0.0781. The van der Waals surface area contributed by atoms with E-state index in [2.05, 4.69) is 30.6 Å². The second-order valence-corrected chi connectivity index (χ2v) is 18.7. The number of imide groups is 2. The molecule has 0 atom stereocenters. The number of aryl methyl sites for hydroxylation is 2. The number of hydrogen-bond donors (Lipinski definition) is 3.